The Balaban J connectivity index is 1.86. The van der Waals surface area contributed by atoms with Gasteiger partial charge in [-0.15, -0.1) is 11.3 Å². The van der Waals surface area contributed by atoms with Gasteiger partial charge in [-0.2, -0.15) is 0 Å². The van der Waals surface area contributed by atoms with Crippen LogP contribution in [0.15, 0.2) is 11.6 Å². The fourth-order valence-electron chi connectivity index (χ4n) is 2.69. The zero-order valence-corrected chi connectivity index (χ0v) is 14.1. The molecule has 0 saturated carbocycles. The van der Waals surface area contributed by atoms with Crippen molar-refractivity contribution in [1.82, 2.24) is 15.2 Å². The summed E-state index contributed by atoms with van der Waals surface area (Å²) in [5, 5.41) is 6.04. The van der Waals surface area contributed by atoms with Crippen molar-refractivity contribution in [3.63, 3.8) is 0 Å². The van der Waals surface area contributed by atoms with Crippen molar-refractivity contribution >= 4 is 17.4 Å². The van der Waals surface area contributed by atoms with E-state index in [1.165, 1.54) is 0 Å². The number of hydrogen-bond acceptors (Lipinski definition) is 5. The topological polar surface area (TPSA) is 54.5 Å². The second-order valence-electron chi connectivity index (χ2n) is 6.46. The van der Waals surface area contributed by atoms with Crippen molar-refractivity contribution in [2.45, 2.75) is 58.2 Å². The highest BCUT2D eigenvalue weighted by Gasteiger charge is 2.30. The zero-order chi connectivity index (χ0) is 15.5. The number of amides is 1. The Morgan fingerprint density at radius 3 is 3.00 bits per heavy atom. The molecule has 21 heavy (non-hydrogen) atoms. The molecule has 0 bridgehead atoms. The van der Waals surface area contributed by atoms with Crippen LogP contribution in [0.3, 0.4) is 0 Å². The highest BCUT2D eigenvalue weighted by Crippen LogP contribution is 2.29. The van der Waals surface area contributed by atoms with Crippen molar-refractivity contribution < 1.29 is 9.53 Å². The van der Waals surface area contributed by atoms with Crippen LogP contribution in [0.1, 0.15) is 51.6 Å². The summed E-state index contributed by atoms with van der Waals surface area (Å²) in [6.45, 7) is 9.49. The van der Waals surface area contributed by atoms with E-state index in [0.717, 1.165) is 24.4 Å². The third-order valence-corrected chi connectivity index (χ3v) is 4.56. The predicted molar refractivity (Wildman–Crippen MR) is 84.5 cm³/mol. The van der Waals surface area contributed by atoms with Gasteiger partial charge < -0.3 is 10.1 Å². The lowest BCUT2D eigenvalue weighted by atomic mass is 10.2. The first-order chi connectivity index (χ1) is 9.87. The smallest absolute Gasteiger partial charge is 0.407 e. The average molecular weight is 311 g/mol. The van der Waals surface area contributed by atoms with Crippen LogP contribution in [0.4, 0.5) is 4.79 Å². The van der Waals surface area contributed by atoms with E-state index in [1.807, 2.05) is 32.3 Å². The van der Waals surface area contributed by atoms with Crippen LogP contribution < -0.4 is 5.32 Å². The van der Waals surface area contributed by atoms with E-state index >= 15 is 0 Å². The van der Waals surface area contributed by atoms with Crippen LogP contribution in [-0.2, 0) is 4.74 Å². The molecule has 0 radical (unpaired) electrons. The molecule has 2 heterocycles. The molecule has 118 valence electrons. The number of nitrogens with zero attached hydrogens (tertiary/aromatic N) is 2. The molecule has 1 amide bonds. The van der Waals surface area contributed by atoms with Crippen molar-refractivity contribution in [3.8, 4) is 0 Å². The number of ether oxygens (including phenoxy) is 1. The minimum Gasteiger partial charge on any atom is -0.444 e. The van der Waals surface area contributed by atoms with Gasteiger partial charge in [0.1, 0.15) is 10.6 Å². The third kappa shape index (κ3) is 4.68. The Labute approximate surface area is 130 Å². The Morgan fingerprint density at radius 2 is 2.38 bits per heavy atom. The Bertz CT molecular complexity index is 456. The van der Waals surface area contributed by atoms with Gasteiger partial charge in [-0.3, -0.25) is 4.90 Å². The van der Waals surface area contributed by atoms with E-state index in [9.17, 15) is 4.79 Å². The molecule has 2 rings (SSSR count). The number of rotatable bonds is 4. The highest BCUT2D eigenvalue weighted by atomic mass is 32.1. The number of thiazole rings is 1. The van der Waals surface area contributed by atoms with Gasteiger partial charge in [-0.05, 0) is 47.1 Å². The molecule has 1 saturated heterocycles. The molecule has 5 nitrogen and oxygen atoms in total. The number of hydrogen-bond donors (Lipinski definition) is 1. The van der Waals surface area contributed by atoms with Gasteiger partial charge in [0, 0.05) is 24.2 Å². The van der Waals surface area contributed by atoms with Gasteiger partial charge in [-0.1, -0.05) is 0 Å². The van der Waals surface area contributed by atoms with Crippen molar-refractivity contribution in [1.29, 1.82) is 0 Å². The van der Waals surface area contributed by atoms with Crippen LogP contribution in [0.25, 0.3) is 0 Å². The van der Waals surface area contributed by atoms with E-state index < -0.39 is 5.60 Å². The molecule has 0 unspecified atom stereocenters. The maximum Gasteiger partial charge on any atom is 0.407 e. The van der Waals surface area contributed by atoms with Crippen LogP contribution in [0.2, 0.25) is 0 Å². The molecule has 1 N–H and O–H groups in total. The first-order valence-corrected chi connectivity index (χ1v) is 8.37. The number of aromatic nitrogens is 1. The SMILES string of the molecule is C[C@H](c1nccs1)N1CCC[C@H]1CNC(=O)OC(C)(C)C. The van der Waals surface area contributed by atoms with E-state index in [4.69, 9.17) is 4.74 Å². The summed E-state index contributed by atoms with van der Waals surface area (Å²) in [6.07, 6.45) is 3.78. The molecule has 0 aliphatic carbocycles. The minimum absolute atomic E-state index is 0.304. The molecule has 1 aromatic rings. The number of alkyl carbamates (subject to hydrolysis) is 1. The van der Waals surface area contributed by atoms with Crippen molar-refractivity contribution in [3.05, 3.63) is 16.6 Å². The summed E-state index contributed by atoms with van der Waals surface area (Å²) in [5.41, 5.74) is -0.451. The van der Waals surface area contributed by atoms with Crippen LogP contribution in [0, 0.1) is 0 Å². The standard InChI is InChI=1S/C15H25N3O2S/c1-11(13-16-7-9-21-13)18-8-5-6-12(18)10-17-14(19)20-15(2,3)4/h7,9,11-12H,5-6,8,10H2,1-4H3,(H,17,19)/t11-,12+/m1/s1. The molecular weight excluding hydrogens is 286 g/mol. The van der Waals surface area contributed by atoms with E-state index in [-0.39, 0.29) is 6.09 Å². The molecule has 1 fully saturated rings. The third-order valence-electron chi connectivity index (χ3n) is 3.61. The summed E-state index contributed by atoms with van der Waals surface area (Å²) in [6, 6.07) is 0.661. The lowest BCUT2D eigenvalue weighted by Crippen LogP contribution is -2.42. The maximum absolute atomic E-state index is 11.8. The number of carbonyl (C=O) groups is 1. The van der Waals surface area contributed by atoms with Crippen LogP contribution >= 0.6 is 11.3 Å². The first kappa shape index (κ1) is 16.2. The fourth-order valence-corrected chi connectivity index (χ4v) is 3.40. The van der Waals surface area contributed by atoms with Crippen LogP contribution in [0.5, 0.6) is 0 Å². The molecule has 1 aliphatic rings. The van der Waals surface area contributed by atoms with Gasteiger partial charge >= 0.3 is 6.09 Å². The number of carbonyl (C=O) groups excluding carboxylic acids is 1. The molecule has 2 atom stereocenters. The van der Waals surface area contributed by atoms with Gasteiger partial charge in [0.2, 0.25) is 0 Å². The van der Waals surface area contributed by atoms with Gasteiger partial charge in [-0.25, -0.2) is 9.78 Å². The fraction of sp³-hybridized carbons (Fsp3) is 0.733. The zero-order valence-electron chi connectivity index (χ0n) is 13.3. The van der Waals surface area contributed by atoms with E-state index in [0.29, 0.717) is 18.6 Å². The largest absolute Gasteiger partial charge is 0.444 e. The summed E-state index contributed by atoms with van der Waals surface area (Å²) in [4.78, 5) is 18.6. The maximum atomic E-state index is 11.8. The predicted octanol–water partition coefficient (Wildman–Crippen LogP) is 3.19. The van der Waals surface area contributed by atoms with Crippen LogP contribution in [-0.4, -0.2) is 40.7 Å². The van der Waals surface area contributed by atoms with Crippen molar-refractivity contribution in [2.75, 3.05) is 13.1 Å². The normalized spacial score (nSPS) is 21.2. The quantitative estimate of drug-likeness (QED) is 0.928. The Morgan fingerprint density at radius 1 is 1.62 bits per heavy atom. The summed E-state index contributed by atoms with van der Waals surface area (Å²) in [7, 11) is 0. The second-order valence-corrected chi connectivity index (χ2v) is 7.39. The summed E-state index contributed by atoms with van der Waals surface area (Å²) >= 11 is 1.69. The number of likely N-dealkylation sites (tertiary alicyclic amines) is 1. The molecule has 1 aromatic heterocycles. The molecule has 1 aliphatic heterocycles. The molecule has 0 spiro atoms. The van der Waals surface area contributed by atoms with Crippen molar-refractivity contribution in [2.24, 2.45) is 0 Å². The highest BCUT2D eigenvalue weighted by molar-refractivity contribution is 7.09. The van der Waals surface area contributed by atoms with Gasteiger partial charge in [0.25, 0.3) is 0 Å². The second kappa shape index (κ2) is 6.75. The summed E-state index contributed by atoms with van der Waals surface area (Å²) in [5.74, 6) is 0. The van der Waals surface area contributed by atoms with Gasteiger partial charge in [0.05, 0.1) is 6.04 Å². The van der Waals surface area contributed by atoms with Gasteiger partial charge in [0.15, 0.2) is 0 Å². The van der Waals surface area contributed by atoms with E-state index in [1.54, 1.807) is 11.3 Å². The average Bonchev–Trinajstić information content (AvgIpc) is 3.05. The van der Waals surface area contributed by atoms with E-state index in [2.05, 4.69) is 22.1 Å². The summed E-state index contributed by atoms with van der Waals surface area (Å²) < 4.78 is 5.29. The molecular formula is C15H25N3O2S. The Hall–Kier alpha value is -1.14. The minimum atomic E-state index is -0.451. The first-order valence-electron chi connectivity index (χ1n) is 7.49. The Kier molecular flexibility index (Phi) is 5.22. The number of nitrogens with one attached hydrogen (secondary N) is 1. The molecule has 0 aromatic carbocycles. The molecule has 6 heteroatoms. The lowest BCUT2D eigenvalue weighted by Gasteiger charge is -2.30. The lowest BCUT2D eigenvalue weighted by molar-refractivity contribution is 0.0508. The monoisotopic (exact) mass is 311 g/mol.